The number of carbonyl (C=O) groups excluding carboxylic acids is 2. The van der Waals surface area contributed by atoms with Gasteiger partial charge in [0, 0.05) is 44.0 Å². The van der Waals surface area contributed by atoms with E-state index in [2.05, 4.69) is 10.2 Å². The minimum Gasteiger partial charge on any atom is -0.478 e. The number of piperazine rings is 1. The average Bonchev–Trinajstić information content (AvgIpc) is 2.74. The highest BCUT2D eigenvalue weighted by Gasteiger charge is 2.30. The normalized spacial score (nSPS) is 14.4. The van der Waals surface area contributed by atoms with Gasteiger partial charge in [-0.2, -0.15) is 0 Å². The van der Waals surface area contributed by atoms with E-state index in [0.29, 0.717) is 12.2 Å². The van der Waals surface area contributed by atoms with E-state index in [1.807, 2.05) is 66.4 Å². The van der Waals surface area contributed by atoms with Crippen molar-refractivity contribution in [2.75, 3.05) is 36.4 Å². The SMILES string of the molecule is CCC(=O)N1CCN(c2ccc(NC(=O)C(C)(C)Oc3ccccc3)cc2)CC1. The highest BCUT2D eigenvalue weighted by molar-refractivity contribution is 5.97. The zero-order valence-electron chi connectivity index (χ0n) is 17.4. The highest BCUT2D eigenvalue weighted by Crippen LogP contribution is 2.22. The van der Waals surface area contributed by atoms with E-state index in [9.17, 15) is 9.59 Å². The highest BCUT2D eigenvalue weighted by atomic mass is 16.5. The third-order valence-electron chi connectivity index (χ3n) is 5.09. The van der Waals surface area contributed by atoms with Crippen molar-refractivity contribution < 1.29 is 14.3 Å². The molecule has 2 aromatic rings. The molecule has 0 aromatic heterocycles. The monoisotopic (exact) mass is 395 g/mol. The molecule has 1 saturated heterocycles. The lowest BCUT2D eigenvalue weighted by Crippen LogP contribution is -2.48. The van der Waals surface area contributed by atoms with E-state index < -0.39 is 5.60 Å². The molecule has 0 unspecified atom stereocenters. The Kier molecular flexibility index (Phi) is 6.42. The van der Waals surface area contributed by atoms with E-state index in [1.165, 1.54) is 0 Å². The molecule has 29 heavy (non-hydrogen) atoms. The Morgan fingerprint density at radius 2 is 1.59 bits per heavy atom. The molecule has 0 aliphatic carbocycles. The number of nitrogens with one attached hydrogen (secondary N) is 1. The molecular formula is C23H29N3O3. The zero-order chi connectivity index (χ0) is 20.9. The number of hydrogen-bond acceptors (Lipinski definition) is 4. The Morgan fingerprint density at radius 3 is 2.17 bits per heavy atom. The standard InChI is InChI=1S/C23H29N3O3/c1-4-21(27)26-16-14-25(15-17-26)19-12-10-18(11-13-19)24-22(28)23(2,3)29-20-8-6-5-7-9-20/h5-13H,4,14-17H2,1-3H3,(H,24,28). The van der Waals surface area contributed by atoms with Gasteiger partial charge >= 0.3 is 0 Å². The first-order valence-corrected chi connectivity index (χ1v) is 10.1. The van der Waals surface area contributed by atoms with Crippen LogP contribution >= 0.6 is 0 Å². The lowest BCUT2D eigenvalue weighted by Gasteiger charge is -2.36. The Bertz CT molecular complexity index is 826. The number of nitrogens with zero attached hydrogens (tertiary/aromatic N) is 2. The van der Waals surface area contributed by atoms with Crippen LogP contribution in [0.2, 0.25) is 0 Å². The van der Waals surface area contributed by atoms with Crippen LogP contribution < -0.4 is 15.0 Å². The number of amides is 2. The predicted octanol–water partition coefficient (Wildman–Crippen LogP) is 3.54. The first-order chi connectivity index (χ1) is 13.9. The lowest BCUT2D eigenvalue weighted by atomic mass is 10.1. The maximum Gasteiger partial charge on any atom is 0.267 e. The van der Waals surface area contributed by atoms with Crippen molar-refractivity contribution in [3.8, 4) is 5.75 Å². The summed E-state index contributed by atoms with van der Waals surface area (Å²) in [6, 6.07) is 17.1. The Hall–Kier alpha value is -3.02. The first kappa shape index (κ1) is 20.7. The minimum absolute atomic E-state index is 0.208. The summed E-state index contributed by atoms with van der Waals surface area (Å²) in [7, 11) is 0. The summed E-state index contributed by atoms with van der Waals surface area (Å²) in [4.78, 5) is 28.7. The molecule has 0 atom stereocenters. The number of benzene rings is 2. The number of rotatable bonds is 6. The number of para-hydroxylation sites is 1. The van der Waals surface area contributed by atoms with Crippen molar-refractivity contribution in [1.29, 1.82) is 0 Å². The zero-order valence-corrected chi connectivity index (χ0v) is 17.4. The van der Waals surface area contributed by atoms with Crippen molar-refractivity contribution in [1.82, 2.24) is 4.90 Å². The van der Waals surface area contributed by atoms with Crippen LogP contribution in [0, 0.1) is 0 Å². The van der Waals surface area contributed by atoms with Crippen molar-refractivity contribution in [3.05, 3.63) is 54.6 Å². The van der Waals surface area contributed by atoms with Crippen molar-refractivity contribution in [2.24, 2.45) is 0 Å². The van der Waals surface area contributed by atoms with Gasteiger partial charge in [0.15, 0.2) is 5.60 Å². The topological polar surface area (TPSA) is 61.9 Å². The van der Waals surface area contributed by atoms with Crippen LogP contribution in [0.4, 0.5) is 11.4 Å². The number of carbonyl (C=O) groups is 2. The first-order valence-electron chi connectivity index (χ1n) is 10.1. The molecule has 6 heteroatoms. The second-order valence-corrected chi connectivity index (χ2v) is 7.65. The number of hydrogen-bond donors (Lipinski definition) is 1. The summed E-state index contributed by atoms with van der Waals surface area (Å²) in [5.41, 5.74) is 0.817. The molecule has 0 bridgehead atoms. The van der Waals surface area contributed by atoms with E-state index in [1.54, 1.807) is 13.8 Å². The largest absolute Gasteiger partial charge is 0.478 e. The molecule has 1 aliphatic rings. The van der Waals surface area contributed by atoms with E-state index in [0.717, 1.165) is 37.6 Å². The summed E-state index contributed by atoms with van der Waals surface area (Å²) >= 11 is 0. The van der Waals surface area contributed by atoms with Crippen LogP contribution in [-0.4, -0.2) is 48.5 Å². The van der Waals surface area contributed by atoms with Crippen molar-refractivity contribution >= 4 is 23.2 Å². The fourth-order valence-electron chi connectivity index (χ4n) is 3.30. The molecule has 0 saturated carbocycles. The quantitative estimate of drug-likeness (QED) is 0.813. The van der Waals surface area contributed by atoms with Gasteiger partial charge in [-0.15, -0.1) is 0 Å². The van der Waals surface area contributed by atoms with Gasteiger partial charge < -0.3 is 19.9 Å². The van der Waals surface area contributed by atoms with Gasteiger partial charge in [-0.05, 0) is 50.2 Å². The molecule has 6 nitrogen and oxygen atoms in total. The van der Waals surface area contributed by atoms with Gasteiger partial charge in [0.2, 0.25) is 5.91 Å². The maximum atomic E-state index is 12.7. The van der Waals surface area contributed by atoms with Crippen LogP contribution in [-0.2, 0) is 9.59 Å². The summed E-state index contributed by atoms with van der Waals surface area (Å²) in [6.45, 7) is 8.52. The fraction of sp³-hybridized carbons (Fsp3) is 0.391. The van der Waals surface area contributed by atoms with Gasteiger partial charge in [0.25, 0.3) is 5.91 Å². The van der Waals surface area contributed by atoms with Crippen LogP contribution in [0.5, 0.6) is 5.75 Å². The lowest BCUT2D eigenvalue weighted by molar-refractivity contribution is -0.131. The van der Waals surface area contributed by atoms with Gasteiger partial charge in [-0.3, -0.25) is 9.59 Å². The van der Waals surface area contributed by atoms with E-state index in [-0.39, 0.29) is 11.8 Å². The van der Waals surface area contributed by atoms with Gasteiger partial charge in [0.05, 0.1) is 0 Å². The molecule has 0 spiro atoms. The number of anilines is 2. The second-order valence-electron chi connectivity index (χ2n) is 7.65. The Balaban J connectivity index is 1.56. The summed E-state index contributed by atoms with van der Waals surface area (Å²) in [5.74, 6) is 0.660. The third-order valence-corrected chi connectivity index (χ3v) is 5.09. The predicted molar refractivity (Wildman–Crippen MR) is 115 cm³/mol. The maximum absolute atomic E-state index is 12.7. The molecule has 1 aliphatic heterocycles. The molecule has 1 fully saturated rings. The van der Waals surface area contributed by atoms with Gasteiger partial charge in [-0.25, -0.2) is 0 Å². The summed E-state index contributed by atoms with van der Waals surface area (Å²) < 4.78 is 5.84. The molecule has 3 rings (SSSR count). The van der Waals surface area contributed by atoms with Crippen LogP contribution in [0.1, 0.15) is 27.2 Å². The molecular weight excluding hydrogens is 366 g/mol. The van der Waals surface area contributed by atoms with E-state index in [4.69, 9.17) is 4.74 Å². The summed E-state index contributed by atoms with van der Waals surface area (Å²) in [6.07, 6.45) is 0.554. The smallest absolute Gasteiger partial charge is 0.267 e. The Labute approximate surface area is 172 Å². The second kappa shape index (κ2) is 8.99. The third kappa shape index (κ3) is 5.28. The van der Waals surface area contributed by atoms with E-state index >= 15 is 0 Å². The fourth-order valence-corrected chi connectivity index (χ4v) is 3.30. The summed E-state index contributed by atoms with van der Waals surface area (Å²) in [5, 5.41) is 2.93. The van der Waals surface area contributed by atoms with Crippen LogP contribution in [0.3, 0.4) is 0 Å². The van der Waals surface area contributed by atoms with Crippen molar-refractivity contribution in [2.45, 2.75) is 32.8 Å². The van der Waals surface area contributed by atoms with Gasteiger partial charge in [0.1, 0.15) is 5.75 Å². The molecule has 154 valence electrons. The molecule has 1 N–H and O–H groups in total. The van der Waals surface area contributed by atoms with Crippen LogP contribution in [0.15, 0.2) is 54.6 Å². The molecule has 1 heterocycles. The van der Waals surface area contributed by atoms with Gasteiger partial charge in [-0.1, -0.05) is 25.1 Å². The van der Waals surface area contributed by atoms with Crippen molar-refractivity contribution in [3.63, 3.8) is 0 Å². The average molecular weight is 396 g/mol. The molecule has 2 aromatic carbocycles. The minimum atomic E-state index is -0.998. The molecule has 0 radical (unpaired) electrons. The Morgan fingerprint density at radius 1 is 0.966 bits per heavy atom. The number of ether oxygens (including phenoxy) is 1. The van der Waals surface area contributed by atoms with Crippen LogP contribution in [0.25, 0.3) is 0 Å². The molecule has 2 amide bonds.